The zero-order valence-electron chi connectivity index (χ0n) is 6.13. The Morgan fingerprint density at radius 2 is 2.25 bits per heavy atom. The molecule has 1 aliphatic rings. The number of ether oxygens (including phenoxy) is 1. The zero-order valence-corrected chi connectivity index (χ0v) is 6.13. The van der Waals surface area contributed by atoms with Crippen LogP contribution in [0.4, 0.5) is 10.1 Å². The molecule has 0 saturated heterocycles. The number of cyclic esters (lactones) is 1. The Kier molecular flexibility index (Phi) is 1.30. The predicted molar refractivity (Wildman–Crippen MR) is 39.9 cm³/mol. The third kappa shape index (κ3) is 0.777. The second-order valence-corrected chi connectivity index (χ2v) is 2.57. The highest BCUT2D eigenvalue weighted by Gasteiger charge is 2.25. The molecule has 1 aliphatic heterocycles. The summed E-state index contributed by atoms with van der Waals surface area (Å²) in [6.45, 7) is 0.193. The summed E-state index contributed by atoms with van der Waals surface area (Å²) in [6, 6.07) is 2.74. The van der Waals surface area contributed by atoms with Gasteiger partial charge in [0.2, 0.25) is 0 Å². The highest BCUT2D eigenvalue weighted by Crippen LogP contribution is 2.27. The number of benzene rings is 1. The van der Waals surface area contributed by atoms with E-state index < -0.39 is 11.8 Å². The maximum Gasteiger partial charge on any atom is 0.341 e. The number of anilines is 1. The van der Waals surface area contributed by atoms with Crippen LogP contribution in [-0.2, 0) is 11.3 Å². The van der Waals surface area contributed by atoms with Crippen LogP contribution in [0.5, 0.6) is 0 Å². The molecule has 0 spiro atoms. The monoisotopic (exact) mass is 167 g/mol. The van der Waals surface area contributed by atoms with Gasteiger partial charge in [-0.15, -0.1) is 0 Å². The Bertz CT molecular complexity index is 362. The summed E-state index contributed by atoms with van der Waals surface area (Å²) >= 11 is 0. The number of halogens is 1. The van der Waals surface area contributed by atoms with Crippen molar-refractivity contribution in [1.82, 2.24) is 0 Å². The van der Waals surface area contributed by atoms with Crippen LogP contribution in [0, 0.1) is 5.82 Å². The fourth-order valence-corrected chi connectivity index (χ4v) is 1.22. The van der Waals surface area contributed by atoms with E-state index in [9.17, 15) is 9.18 Å². The molecule has 0 saturated carbocycles. The minimum absolute atomic E-state index is 0.116. The molecule has 1 heterocycles. The number of rotatable bonds is 0. The van der Waals surface area contributed by atoms with E-state index in [2.05, 4.69) is 4.74 Å². The molecule has 1 aromatic rings. The van der Waals surface area contributed by atoms with Gasteiger partial charge in [0.1, 0.15) is 12.4 Å². The summed E-state index contributed by atoms with van der Waals surface area (Å²) in [5, 5.41) is 0. The first-order valence-electron chi connectivity index (χ1n) is 3.44. The molecule has 0 bridgehead atoms. The van der Waals surface area contributed by atoms with Crippen LogP contribution in [-0.4, -0.2) is 5.97 Å². The molecule has 3 nitrogen and oxygen atoms in total. The van der Waals surface area contributed by atoms with Crippen molar-refractivity contribution < 1.29 is 13.9 Å². The van der Waals surface area contributed by atoms with Gasteiger partial charge >= 0.3 is 5.97 Å². The molecule has 0 unspecified atom stereocenters. The average molecular weight is 167 g/mol. The first-order chi connectivity index (χ1) is 5.70. The summed E-state index contributed by atoms with van der Waals surface area (Å²) in [5.74, 6) is -1.12. The standard InChI is InChI=1S/C8H6FNO2/c9-5-2-1-4-3-12-8(11)6(4)7(5)10/h1-2H,3,10H2. The van der Waals surface area contributed by atoms with Gasteiger partial charge in [-0.2, -0.15) is 0 Å². The number of hydrogen-bond acceptors (Lipinski definition) is 3. The molecule has 1 aromatic carbocycles. The average Bonchev–Trinajstić information content (AvgIpc) is 2.41. The van der Waals surface area contributed by atoms with Gasteiger partial charge in [0, 0.05) is 5.56 Å². The van der Waals surface area contributed by atoms with Crippen molar-refractivity contribution in [2.24, 2.45) is 0 Å². The van der Waals surface area contributed by atoms with Crippen LogP contribution in [0.15, 0.2) is 12.1 Å². The van der Waals surface area contributed by atoms with Crippen LogP contribution in [0.3, 0.4) is 0 Å². The van der Waals surface area contributed by atoms with Crippen molar-refractivity contribution in [1.29, 1.82) is 0 Å². The van der Waals surface area contributed by atoms with Gasteiger partial charge in [-0.25, -0.2) is 9.18 Å². The van der Waals surface area contributed by atoms with Crippen molar-refractivity contribution in [2.45, 2.75) is 6.61 Å². The minimum atomic E-state index is -0.576. The Labute approximate surface area is 67.9 Å². The molecule has 62 valence electrons. The lowest BCUT2D eigenvalue weighted by Crippen LogP contribution is -2.02. The molecule has 0 aliphatic carbocycles. The van der Waals surface area contributed by atoms with E-state index in [1.165, 1.54) is 12.1 Å². The first kappa shape index (κ1) is 7.09. The van der Waals surface area contributed by atoms with Crippen molar-refractivity contribution in [3.8, 4) is 0 Å². The lowest BCUT2D eigenvalue weighted by atomic mass is 10.1. The highest BCUT2D eigenvalue weighted by molar-refractivity contribution is 5.98. The van der Waals surface area contributed by atoms with Crippen LogP contribution >= 0.6 is 0 Å². The number of esters is 1. The van der Waals surface area contributed by atoms with Crippen LogP contribution in [0.25, 0.3) is 0 Å². The van der Waals surface area contributed by atoms with Crippen molar-refractivity contribution >= 4 is 11.7 Å². The predicted octanol–water partition coefficient (Wildman–Crippen LogP) is 1.08. The Balaban J connectivity index is 2.71. The third-order valence-electron chi connectivity index (χ3n) is 1.84. The fourth-order valence-electron chi connectivity index (χ4n) is 1.22. The minimum Gasteiger partial charge on any atom is -0.457 e. The first-order valence-corrected chi connectivity index (χ1v) is 3.44. The molecular weight excluding hydrogens is 161 g/mol. The number of fused-ring (bicyclic) bond motifs is 1. The lowest BCUT2D eigenvalue weighted by Gasteiger charge is -1.99. The molecular formula is C8H6FNO2. The number of carbonyl (C=O) groups is 1. The van der Waals surface area contributed by atoms with E-state index in [1.54, 1.807) is 0 Å². The molecule has 2 rings (SSSR count). The van der Waals surface area contributed by atoms with E-state index in [-0.39, 0.29) is 17.9 Å². The Hall–Kier alpha value is -1.58. The fraction of sp³-hybridized carbons (Fsp3) is 0.125. The topological polar surface area (TPSA) is 52.3 Å². The summed E-state index contributed by atoms with van der Waals surface area (Å²) in [6.07, 6.45) is 0. The van der Waals surface area contributed by atoms with Crippen LogP contribution < -0.4 is 5.73 Å². The summed E-state index contributed by atoms with van der Waals surface area (Å²) in [5.41, 5.74) is 6.06. The van der Waals surface area contributed by atoms with Gasteiger partial charge in [0.05, 0.1) is 11.3 Å². The van der Waals surface area contributed by atoms with Gasteiger partial charge in [-0.05, 0) is 6.07 Å². The Morgan fingerprint density at radius 3 is 3.00 bits per heavy atom. The molecule has 12 heavy (non-hydrogen) atoms. The maximum absolute atomic E-state index is 12.8. The van der Waals surface area contributed by atoms with Crippen LogP contribution in [0.2, 0.25) is 0 Å². The molecule has 4 heteroatoms. The van der Waals surface area contributed by atoms with Gasteiger partial charge in [-0.3, -0.25) is 0 Å². The number of hydrogen-bond donors (Lipinski definition) is 1. The van der Waals surface area contributed by atoms with E-state index >= 15 is 0 Å². The normalized spacial score (nSPS) is 14.2. The number of carbonyl (C=O) groups excluding carboxylic acids is 1. The molecule has 0 atom stereocenters. The Morgan fingerprint density at radius 1 is 1.50 bits per heavy atom. The van der Waals surface area contributed by atoms with Gasteiger partial charge in [0.15, 0.2) is 0 Å². The highest BCUT2D eigenvalue weighted by atomic mass is 19.1. The summed E-state index contributed by atoms with van der Waals surface area (Å²) in [4.78, 5) is 11.0. The third-order valence-corrected chi connectivity index (χ3v) is 1.84. The quantitative estimate of drug-likeness (QED) is 0.464. The largest absolute Gasteiger partial charge is 0.457 e. The van der Waals surface area contributed by atoms with E-state index in [1.807, 2.05) is 0 Å². The molecule has 2 N–H and O–H groups in total. The van der Waals surface area contributed by atoms with E-state index in [4.69, 9.17) is 5.73 Å². The van der Waals surface area contributed by atoms with Gasteiger partial charge in [-0.1, -0.05) is 6.07 Å². The molecule has 0 amide bonds. The van der Waals surface area contributed by atoms with Gasteiger partial charge < -0.3 is 10.5 Å². The zero-order chi connectivity index (χ0) is 8.72. The lowest BCUT2D eigenvalue weighted by molar-refractivity contribution is 0.0535. The second kappa shape index (κ2) is 2.20. The molecule has 0 fully saturated rings. The van der Waals surface area contributed by atoms with E-state index in [0.717, 1.165) is 0 Å². The van der Waals surface area contributed by atoms with Crippen molar-refractivity contribution in [3.05, 3.63) is 29.1 Å². The van der Waals surface area contributed by atoms with Crippen LogP contribution in [0.1, 0.15) is 15.9 Å². The van der Waals surface area contributed by atoms with Gasteiger partial charge in [0.25, 0.3) is 0 Å². The van der Waals surface area contributed by atoms with E-state index in [0.29, 0.717) is 5.56 Å². The number of nitrogen functional groups attached to an aromatic ring is 1. The summed E-state index contributed by atoms with van der Waals surface area (Å²) in [7, 11) is 0. The number of nitrogens with two attached hydrogens (primary N) is 1. The molecule has 0 radical (unpaired) electrons. The van der Waals surface area contributed by atoms with Crippen molar-refractivity contribution in [3.63, 3.8) is 0 Å². The molecule has 0 aromatic heterocycles. The maximum atomic E-state index is 12.8. The van der Waals surface area contributed by atoms with Crippen molar-refractivity contribution in [2.75, 3.05) is 5.73 Å². The second-order valence-electron chi connectivity index (χ2n) is 2.57. The smallest absolute Gasteiger partial charge is 0.341 e. The SMILES string of the molecule is Nc1c(F)ccc2c1C(=O)OC2. The summed E-state index contributed by atoms with van der Waals surface area (Å²) < 4.78 is 17.5.